The summed E-state index contributed by atoms with van der Waals surface area (Å²) in [4.78, 5) is 0. The van der Waals surface area contributed by atoms with Gasteiger partial charge in [-0.1, -0.05) is 18.2 Å². The number of unbranched alkanes of at least 4 members (excludes halogenated alkanes) is 1. The number of ether oxygens (including phenoxy) is 1. The van der Waals surface area contributed by atoms with Crippen LogP contribution in [0.3, 0.4) is 0 Å². The molecule has 0 fully saturated rings. The first kappa shape index (κ1) is 15.8. The van der Waals surface area contributed by atoms with Gasteiger partial charge in [0.15, 0.2) is 0 Å². The number of hydrogen-bond donors (Lipinski definition) is 0. The molecule has 0 saturated heterocycles. The topological polar surface area (TPSA) is 52.6 Å². The van der Waals surface area contributed by atoms with E-state index in [2.05, 4.69) is 4.18 Å². The summed E-state index contributed by atoms with van der Waals surface area (Å²) in [7, 11) is -5.48. The maximum atomic E-state index is 11.9. The first-order valence-corrected chi connectivity index (χ1v) is 6.87. The van der Waals surface area contributed by atoms with E-state index in [0.29, 0.717) is 12.2 Å². The molecule has 0 aromatic heterocycles. The van der Waals surface area contributed by atoms with Gasteiger partial charge in [-0.15, -0.1) is 0 Å². The van der Waals surface area contributed by atoms with Gasteiger partial charge in [0.25, 0.3) is 0 Å². The number of halogens is 3. The molecule has 0 aliphatic carbocycles. The predicted molar refractivity (Wildman–Crippen MR) is 62.1 cm³/mol. The van der Waals surface area contributed by atoms with Gasteiger partial charge < -0.3 is 4.74 Å². The summed E-state index contributed by atoms with van der Waals surface area (Å²) in [5.74, 6) is 0.645. The zero-order valence-corrected chi connectivity index (χ0v) is 10.7. The standard InChI is InChI=1S/C11H13F3O4S/c12-11(13,14)19(15,16)18-9-5-4-8-17-10-6-2-1-3-7-10/h1-3,6-7H,4-5,8-9H2. The van der Waals surface area contributed by atoms with Crippen molar-refractivity contribution in [1.82, 2.24) is 0 Å². The first-order valence-electron chi connectivity index (χ1n) is 5.46. The Morgan fingerprint density at radius 3 is 2.16 bits per heavy atom. The van der Waals surface area contributed by atoms with Crippen LogP contribution in [-0.4, -0.2) is 27.1 Å². The van der Waals surface area contributed by atoms with Crippen LogP contribution in [0.4, 0.5) is 13.2 Å². The summed E-state index contributed by atoms with van der Waals surface area (Å²) < 4.78 is 65.8. The van der Waals surface area contributed by atoms with Gasteiger partial charge in [0.1, 0.15) is 5.75 Å². The minimum atomic E-state index is -5.48. The van der Waals surface area contributed by atoms with Crippen molar-refractivity contribution in [2.75, 3.05) is 13.2 Å². The Labute approximate surface area is 109 Å². The number of alkyl halides is 3. The van der Waals surface area contributed by atoms with Gasteiger partial charge in [-0.05, 0) is 25.0 Å². The second-order valence-corrected chi connectivity index (χ2v) is 5.20. The molecule has 0 spiro atoms. The molecule has 0 amide bonds. The second-order valence-electron chi connectivity index (χ2n) is 3.59. The third kappa shape index (κ3) is 5.48. The van der Waals surface area contributed by atoms with Crippen LogP contribution in [0.1, 0.15) is 12.8 Å². The highest BCUT2D eigenvalue weighted by atomic mass is 32.2. The van der Waals surface area contributed by atoms with Crippen molar-refractivity contribution >= 4 is 10.1 Å². The van der Waals surface area contributed by atoms with Crippen molar-refractivity contribution in [2.24, 2.45) is 0 Å². The van der Waals surface area contributed by atoms with Crippen LogP contribution in [0.5, 0.6) is 5.75 Å². The van der Waals surface area contributed by atoms with Crippen LogP contribution >= 0.6 is 0 Å². The minimum absolute atomic E-state index is 0.155. The van der Waals surface area contributed by atoms with E-state index in [1.807, 2.05) is 6.07 Å². The highest BCUT2D eigenvalue weighted by molar-refractivity contribution is 7.87. The Kier molecular flexibility index (Phi) is 5.61. The van der Waals surface area contributed by atoms with Crippen LogP contribution in [0.2, 0.25) is 0 Å². The number of benzene rings is 1. The van der Waals surface area contributed by atoms with E-state index in [4.69, 9.17) is 4.74 Å². The Balaban J connectivity index is 2.16. The smallest absolute Gasteiger partial charge is 0.494 e. The summed E-state index contributed by atoms with van der Waals surface area (Å²) in [6, 6.07) is 8.88. The van der Waals surface area contributed by atoms with Crippen LogP contribution < -0.4 is 4.74 Å². The van der Waals surface area contributed by atoms with Gasteiger partial charge in [-0.2, -0.15) is 21.6 Å². The van der Waals surface area contributed by atoms with E-state index in [-0.39, 0.29) is 13.0 Å². The van der Waals surface area contributed by atoms with E-state index in [1.54, 1.807) is 24.3 Å². The average molecular weight is 298 g/mol. The fourth-order valence-corrected chi connectivity index (χ4v) is 1.62. The second kappa shape index (κ2) is 6.76. The molecule has 0 bridgehead atoms. The highest BCUT2D eigenvalue weighted by Crippen LogP contribution is 2.24. The van der Waals surface area contributed by atoms with Gasteiger partial charge in [-0.3, -0.25) is 4.18 Å². The molecule has 4 nitrogen and oxygen atoms in total. The Morgan fingerprint density at radius 2 is 1.58 bits per heavy atom. The number of rotatable bonds is 7. The van der Waals surface area contributed by atoms with Gasteiger partial charge in [-0.25, -0.2) is 0 Å². The Morgan fingerprint density at radius 1 is 1.00 bits per heavy atom. The lowest BCUT2D eigenvalue weighted by Crippen LogP contribution is -2.25. The maximum Gasteiger partial charge on any atom is 0.523 e. The molecule has 0 atom stereocenters. The molecule has 19 heavy (non-hydrogen) atoms. The van der Waals surface area contributed by atoms with Crippen molar-refractivity contribution in [2.45, 2.75) is 18.3 Å². The lowest BCUT2D eigenvalue weighted by atomic mass is 10.3. The molecule has 1 rings (SSSR count). The molecule has 0 saturated carbocycles. The van der Waals surface area contributed by atoms with Gasteiger partial charge in [0.05, 0.1) is 13.2 Å². The SMILES string of the molecule is O=S(=O)(OCCCCOc1ccccc1)C(F)(F)F. The van der Waals surface area contributed by atoms with Crippen LogP contribution in [0.15, 0.2) is 30.3 Å². The lowest BCUT2D eigenvalue weighted by molar-refractivity contribution is -0.0543. The van der Waals surface area contributed by atoms with Crippen LogP contribution in [0.25, 0.3) is 0 Å². The van der Waals surface area contributed by atoms with Crippen molar-refractivity contribution in [3.8, 4) is 5.75 Å². The minimum Gasteiger partial charge on any atom is -0.494 e. The summed E-state index contributed by atoms with van der Waals surface area (Å²) in [6.45, 7) is -0.237. The summed E-state index contributed by atoms with van der Waals surface area (Å²) in [5.41, 5.74) is -5.37. The van der Waals surface area contributed by atoms with E-state index in [1.165, 1.54) is 0 Å². The van der Waals surface area contributed by atoms with Crippen molar-refractivity contribution in [3.63, 3.8) is 0 Å². The zero-order chi connectivity index (χ0) is 14.4. The van der Waals surface area contributed by atoms with E-state index in [9.17, 15) is 21.6 Å². The van der Waals surface area contributed by atoms with Gasteiger partial charge in [0, 0.05) is 0 Å². The van der Waals surface area contributed by atoms with Crippen molar-refractivity contribution < 1.29 is 30.5 Å². The maximum absolute atomic E-state index is 11.9. The Hall–Kier alpha value is -1.28. The fraction of sp³-hybridized carbons (Fsp3) is 0.455. The monoisotopic (exact) mass is 298 g/mol. The Bertz CT molecular complexity index is 470. The van der Waals surface area contributed by atoms with Gasteiger partial charge in [0.2, 0.25) is 0 Å². The largest absolute Gasteiger partial charge is 0.523 e. The predicted octanol–water partition coefficient (Wildman–Crippen LogP) is 2.71. The molecule has 108 valence electrons. The van der Waals surface area contributed by atoms with E-state index < -0.39 is 22.2 Å². The highest BCUT2D eigenvalue weighted by Gasteiger charge is 2.47. The third-order valence-corrected chi connectivity index (χ3v) is 3.12. The molecule has 1 aromatic carbocycles. The molecule has 0 heterocycles. The quantitative estimate of drug-likeness (QED) is 0.441. The first-order chi connectivity index (χ1) is 8.83. The molecule has 0 N–H and O–H groups in total. The lowest BCUT2D eigenvalue weighted by Gasteiger charge is -2.08. The van der Waals surface area contributed by atoms with Crippen molar-refractivity contribution in [3.05, 3.63) is 30.3 Å². The number of para-hydroxylation sites is 1. The van der Waals surface area contributed by atoms with Crippen molar-refractivity contribution in [1.29, 1.82) is 0 Å². The molecule has 0 aliphatic heterocycles. The molecular formula is C11H13F3O4S. The average Bonchev–Trinajstić information content (AvgIpc) is 2.33. The van der Waals surface area contributed by atoms with Gasteiger partial charge >= 0.3 is 15.6 Å². The third-order valence-electron chi connectivity index (χ3n) is 2.07. The summed E-state index contributed by atoms with van der Waals surface area (Å²) in [5, 5.41) is 0. The molecule has 1 aromatic rings. The van der Waals surface area contributed by atoms with E-state index >= 15 is 0 Å². The summed E-state index contributed by atoms with van der Waals surface area (Å²) >= 11 is 0. The molecular weight excluding hydrogens is 285 g/mol. The van der Waals surface area contributed by atoms with E-state index in [0.717, 1.165) is 0 Å². The molecule has 0 radical (unpaired) electrons. The number of hydrogen-bond acceptors (Lipinski definition) is 4. The van der Waals surface area contributed by atoms with Crippen LogP contribution in [0, 0.1) is 0 Å². The fourth-order valence-electron chi connectivity index (χ4n) is 1.15. The molecule has 8 heteroatoms. The summed E-state index contributed by atoms with van der Waals surface area (Å²) in [6.07, 6.45) is 0.546. The molecule has 0 aliphatic rings. The zero-order valence-electron chi connectivity index (χ0n) is 9.89. The van der Waals surface area contributed by atoms with Crippen LogP contribution in [-0.2, 0) is 14.3 Å². The molecule has 0 unspecified atom stereocenters. The normalized spacial score (nSPS) is 12.4.